The minimum atomic E-state index is -0.574. The molecule has 0 N–H and O–H groups in total. The Balaban J connectivity index is 1.42. The molecule has 0 aliphatic carbocycles. The van der Waals surface area contributed by atoms with Crippen LogP contribution in [0.3, 0.4) is 0 Å². The monoisotopic (exact) mass is 460 g/mol. The van der Waals surface area contributed by atoms with Crippen LogP contribution in [0.15, 0.2) is 63.8 Å². The Morgan fingerprint density at radius 1 is 1.09 bits per heavy atom. The molecule has 2 aromatic heterocycles. The summed E-state index contributed by atoms with van der Waals surface area (Å²) in [6, 6.07) is 16.9. The zero-order valence-electron chi connectivity index (χ0n) is 18.8. The van der Waals surface area contributed by atoms with Gasteiger partial charge < -0.3 is 14.1 Å². The van der Waals surface area contributed by atoms with Gasteiger partial charge in [-0.15, -0.1) is 0 Å². The molecular formula is C25H24N4O5. The lowest BCUT2D eigenvalue weighted by Gasteiger charge is -2.28. The molecule has 1 aliphatic heterocycles. The highest BCUT2D eigenvalue weighted by molar-refractivity contribution is 5.89. The first-order valence-electron chi connectivity index (χ1n) is 11.2. The highest BCUT2D eigenvalue weighted by Gasteiger charge is 2.31. The van der Waals surface area contributed by atoms with Crippen molar-refractivity contribution in [1.82, 2.24) is 19.2 Å². The highest BCUT2D eigenvalue weighted by atomic mass is 16.5. The van der Waals surface area contributed by atoms with E-state index in [0.717, 1.165) is 11.3 Å². The van der Waals surface area contributed by atoms with Gasteiger partial charge >= 0.3 is 11.7 Å². The van der Waals surface area contributed by atoms with Crippen molar-refractivity contribution in [3.8, 4) is 0 Å². The maximum atomic E-state index is 13.2. The molecule has 9 heteroatoms. The van der Waals surface area contributed by atoms with E-state index in [-0.39, 0.29) is 31.3 Å². The van der Waals surface area contributed by atoms with Gasteiger partial charge in [0.1, 0.15) is 6.54 Å². The topological polar surface area (TPSA) is 99.6 Å². The van der Waals surface area contributed by atoms with Crippen LogP contribution in [0.1, 0.15) is 34.2 Å². The SMILES string of the molecule is CCOC(=O)c1nn(Cc2ccccc2)c2c1CN(C(=O)Cn1c(=O)oc3ccccc31)CC2. The van der Waals surface area contributed by atoms with Crippen LogP contribution in [0, 0.1) is 0 Å². The first-order chi connectivity index (χ1) is 16.5. The minimum Gasteiger partial charge on any atom is -0.461 e. The summed E-state index contributed by atoms with van der Waals surface area (Å²) in [5, 5.41) is 4.56. The maximum absolute atomic E-state index is 13.2. The fourth-order valence-corrected chi connectivity index (χ4v) is 4.35. The third-order valence-corrected chi connectivity index (χ3v) is 6.00. The standard InChI is InChI=1S/C25H24N4O5/c1-2-33-24(31)23-18-15-27(13-12-19(18)29(26-23)14-17-8-4-3-5-9-17)22(30)16-28-20-10-6-7-11-21(20)34-25(28)32/h3-11H,2,12-16H2,1H3. The van der Waals surface area contributed by atoms with E-state index in [2.05, 4.69) is 5.10 Å². The summed E-state index contributed by atoms with van der Waals surface area (Å²) in [6.07, 6.45) is 0.543. The van der Waals surface area contributed by atoms with Crippen LogP contribution in [-0.2, 0) is 35.6 Å². The number of carbonyl (C=O) groups excluding carboxylic acids is 2. The summed E-state index contributed by atoms with van der Waals surface area (Å²) in [5.74, 6) is -1.31. The van der Waals surface area contributed by atoms with Gasteiger partial charge in [0.25, 0.3) is 0 Å². The number of ether oxygens (including phenoxy) is 1. The summed E-state index contributed by atoms with van der Waals surface area (Å²) in [6.45, 7) is 3.04. The third kappa shape index (κ3) is 4.00. The molecule has 174 valence electrons. The van der Waals surface area contributed by atoms with Gasteiger partial charge in [-0.3, -0.25) is 14.0 Å². The van der Waals surface area contributed by atoms with Gasteiger partial charge in [0.05, 0.1) is 18.7 Å². The van der Waals surface area contributed by atoms with Gasteiger partial charge in [0.15, 0.2) is 11.3 Å². The van der Waals surface area contributed by atoms with Crippen molar-refractivity contribution in [1.29, 1.82) is 0 Å². The fraction of sp³-hybridized carbons (Fsp3) is 0.280. The number of aromatic nitrogens is 3. The first kappa shape index (κ1) is 21.7. The number of amides is 1. The number of rotatable bonds is 6. The van der Waals surface area contributed by atoms with E-state index < -0.39 is 11.7 Å². The predicted molar refractivity (Wildman–Crippen MR) is 123 cm³/mol. The molecule has 0 bridgehead atoms. The molecule has 0 unspecified atom stereocenters. The molecule has 0 fully saturated rings. The Labute approximate surface area is 195 Å². The van der Waals surface area contributed by atoms with Gasteiger partial charge in [-0.25, -0.2) is 9.59 Å². The molecule has 1 amide bonds. The van der Waals surface area contributed by atoms with Gasteiger partial charge in [-0.2, -0.15) is 5.10 Å². The Morgan fingerprint density at radius 2 is 1.85 bits per heavy atom. The number of benzene rings is 2. The van der Waals surface area contributed by atoms with Gasteiger partial charge in [0, 0.05) is 30.8 Å². The molecule has 4 aromatic rings. The molecule has 2 aromatic carbocycles. The molecule has 1 aliphatic rings. The molecule has 0 saturated heterocycles. The lowest BCUT2D eigenvalue weighted by Crippen LogP contribution is -2.39. The van der Waals surface area contributed by atoms with E-state index in [1.165, 1.54) is 4.57 Å². The number of carbonyl (C=O) groups is 2. The third-order valence-electron chi connectivity index (χ3n) is 6.00. The van der Waals surface area contributed by atoms with Crippen molar-refractivity contribution in [3.63, 3.8) is 0 Å². The summed E-state index contributed by atoms with van der Waals surface area (Å²) >= 11 is 0. The molecule has 0 radical (unpaired) electrons. The van der Waals surface area contributed by atoms with E-state index in [0.29, 0.717) is 36.2 Å². The zero-order chi connectivity index (χ0) is 23.7. The number of esters is 1. The summed E-state index contributed by atoms with van der Waals surface area (Å²) in [4.78, 5) is 39.7. The summed E-state index contributed by atoms with van der Waals surface area (Å²) in [5.41, 5.74) is 3.92. The molecule has 9 nitrogen and oxygen atoms in total. The van der Waals surface area contributed by atoms with Crippen LogP contribution in [-0.4, -0.2) is 44.3 Å². The summed E-state index contributed by atoms with van der Waals surface area (Å²) < 4.78 is 13.6. The van der Waals surface area contributed by atoms with E-state index in [1.807, 2.05) is 35.0 Å². The second-order valence-electron chi connectivity index (χ2n) is 8.12. The van der Waals surface area contributed by atoms with E-state index in [1.54, 1.807) is 36.1 Å². The average Bonchev–Trinajstić information content (AvgIpc) is 3.37. The zero-order valence-corrected chi connectivity index (χ0v) is 18.8. The number of para-hydroxylation sites is 2. The summed E-state index contributed by atoms with van der Waals surface area (Å²) in [7, 11) is 0. The maximum Gasteiger partial charge on any atom is 0.420 e. The smallest absolute Gasteiger partial charge is 0.420 e. The molecule has 3 heterocycles. The second kappa shape index (κ2) is 9.01. The first-order valence-corrected chi connectivity index (χ1v) is 11.2. The molecular weight excluding hydrogens is 436 g/mol. The lowest BCUT2D eigenvalue weighted by molar-refractivity contribution is -0.132. The Kier molecular flexibility index (Phi) is 5.75. The van der Waals surface area contributed by atoms with Crippen molar-refractivity contribution in [3.05, 3.63) is 87.7 Å². The number of oxazole rings is 1. The largest absolute Gasteiger partial charge is 0.461 e. The average molecular weight is 460 g/mol. The van der Waals surface area contributed by atoms with Crippen LogP contribution in [0.5, 0.6) is 0 Å². The van der Waals surface area contributed by atoms with Gasteiger partial charge in [0.2, 0.25) is 5.91 Å². The molecule has 34 heavy (non-hydrogen) atoms. The normalized spacial score (nSPS) is 13.1. The van der Waals surface area contributed by atoms with Crippen molar-refractivity contribution in [2.75, 3.05) is 13.2 Å². The van der Waals surface area contributed by atoms with Crippen molar-refractivity contribution < 1.29 is 18.7 Å². The number of nitrogens with zero attached hydrogens (tertiary/aromatic N) is 4. The molecule has 0 spiro atoms. The fourth-order valence-electron chi connectivity index (χ4n) is 4.35. The highest BCUT2D eigenvalue weighted by Crippen LogP contribution is 2.25. The van der Waals surface area contributed by atoms with Crippen LogP contribution in [0.4, 0.5) is 0 Å². The van der Waals surface area contributed by atoms with Crippen molar-refractivity contribution in [2.45, 2.75) is 33.0 Å². The lowest BCUT2D eigenvalue weighted by atomic mass is 10.0. The van der Waals surface area contributed by atoms with Crippen LogP contribution in [0.25, 0.3) is 11.1 Å². The van der Waals surface area contributed by atoms with Crippen molar-refractivity contribution >= 4 is 23.0 Å². The van der Waals surface area contributed by atoms with Crippen molar-refractivity contribution in [2.24, 2.45) is 0 Å². The second-order valence-corrected chi connectivity index (χ2v) is 8.12. The molecule has 0 atom stereocenters. The van der Waals surface area contributed by atoms with Crippen LogP contribution >= 0.6 is 0 Å². The predicted octanol–water partition coefficient (Wildman–Crippen LogP) is 2.60. The number of hydrogen-bond acceptors (Lipinski definition) is 6. The molecule has 5 rings (SSSR count). The van der Waals surface area contributed by atoms with E-state index in [4.69, 9.17) is 9.15 Å². The number of fused-ring (bicyclic) bond motifs is 2. The molecule has 0 saturated carbocycles. The van der Waals surface area contributed by atoms with E-state index in [9.17, 15) is 14.4 Å². The van der Waals surface area contributed by atoms with E-state index >= 15 is 0 Å². The number of hydrogen-bond donors (Lipinski definition) is 0. The Morgan fingerprint density at radius 3 is 2.65 bits per heavy atom. The van der Waals surface area contributed by atoms with Gasteiger partial charge in [-0.05, 0) is 24.6 Å². The van der Waals surface area contributed by atoms with Crippen LogP contribution < -0.4 is 5.76 Å². The minimum absolute atomic E-state index is 0.141. The van der Waals surface area contributed by atoms with Crippen LogP contribution in [0.2, 0.25) is 0 Å². The van der Waals surface area contributed by atoms with Gasteiger partial charge in [-0.1, -0.05) is 42.5 Å². The Bertz CT molecular complexity index is 1420. The Hall–Kier alpha value is -4.14. The quantitative estimate of drug-likeness (QED) is 0.410.